The van der Waals surface area contributed by atoms with Gasteiger partial charge in [-0.25, -0.2) is 14.8 Å². The van der Waals surface area contributed by atoms with Crippen LogP contribution in [0.5, 0.6) is 11.5 Å². The lowest BCUT2D eigenvalue weighted by atomic mass is 10.1. The van der Waals surface area contributed by atoms with Crippen molar-refractivity contribution < 1.29 is 23.9 Å². The molecule has 2 heterocycles. The van der Waals surface area contributed by atoms with Gasteiger partial charge in [0.25, 0.3) is 11.8 Å². The summed E-state index contributed by atoms with van der Waals surface area (Å²) >= 11 is 1.38. The SMILES string of the molecule is COc1ccc(CCN2C(=O)NC(=O)/C(=C/c3cnc(SC)nc3)C2=O)cc1OC. The van der Waals surface area contributed by atoms with E-state index < -0.39 is 17.8 Å². The van der Waals surface area contributed by atoms with Crippen LogP contribution in [0.2, 0.25) is 0 Å². The van der Waals surface area contributed by atoms with Gasteiger partial charge in [0.15, 0.2) is 16.7 Å². The lowest BCUT2D eigenvalue weighted by Crippen LogP contribution is -2.54. The van der Waals surface area contributed by atoms with Gasteiger partial charge in [-0.2, -0.15) is 0 Å². The number of benzene rings is 1. The summed E-state index contributed by atoms with van der Waals surface area (Å²) in [6.07, 6.45) is 6.62. The second-order valence-electron chi connectivity index (χ2n) is 6.22. The Bertz CT molecular complexity index is 1010. The van der Waals surface area contributed by atoms with Gasteiger partial charge in [-0.05, 0) is 36.4 Å². The molecule has 0 spiro atoms. The summed E-state index contributed by atoms with van der Waals surface area (Å²) < 4.78 is 10.5. The number of imide groups is 2. The van der Waals surface area contributed by atoms with E-state index in [9.17, 15) is 14.4 Å². The minimum Gasteiger partial charge on any atom is -0.493 e. The molecule has 30 heavy (non-hydrogen) atoms. The molecule has 0 saturated carbocycles. The molecule has 1 saturated heterocycles. The zero-order chi connectivity index (χ0) is 21.7. The van der Waals surface area contributed by atoms with Gasteiger partial charge in [-0.3, -0.25) is 19.8 Å². The molecule has 1 aliphatic heterocycles. The molecule has 0 radical (unpaired) electrons. The maximum atomic E-state index is 12.8. The van der Waals surface area contributed by atoms with Crippen molar-refractivity contribution in [2.45, 2.75) is 11.6 Å². The van der Waals surface area contributed by atoms with Crippen molar-refractivity contribution in [1.82, 2.24) is 20.2 Å². The Balaban J connectivity index is 1.77. The molecule has 156 valence electrons. The number of amides is 4. The zero-order valence-corrected chi connectivity index (χ0v) is 17.5. The molecule has 1 aliphatic rings. The van der Waals surface area contributed by atoms with Crippen LogP contribution < -0.4 is 14.8 Å². The number of thioether (sulfide) groups is 1. The van der Waals surface area contributed by atoms with Crippen LogP contribution in [0, 0.1) is 0 Å². The first-order valence-electron chi connectivity index (χ1n) is 8.92. The Morgan fingerprint density at radius 1 is 1.10 bits per heavy atom. The van der Waals surface area contributed by atoms with Gasteiger partial charge in [0.05, 0.1) is 14.2 Å². The highest BCUT2D eigenvalue weighted by molar-refractivity contribution is 7.98. The monoisotopic (exact) mass is 428 g/mol. The summed E-state index contributed by atoms with van der Waals surface area (Å²) in [5.41, 5.74) is 1.18. The number of carbonyl (C=O) groups excluding carboxylic acids is 3. The number of ether oxygens (including phenoxy) is 2. The lowest BCUT2D eigenvalue weighted by molar-refractivity contribution is -0.130. The summed E-state index contributed by atoms with van der Waals surface area (Å²) in [5, 5.41) is 2.77. The Kier molecular flexibility index (Phi) is 6.68. The van der Waals surface area contributed by atoms with Gasteiger partial charge in [0.2, 0.25) is 0 Å². The third-order valence-electron chi connectivity index (χ3n) is 4.40. The van der Waals surface area contributed by atoms with Crippen molar-refractivity contribution >= 4 is 35.7 Å². The number of carbonyl (C=O) groups is 3. The molecule has 9 nitrogen and oxygen atoms in total. The van der Waals surface area contributed by atoms with Gasteiger partial charge in [-0.15, -0.1) is 0 Å². The normalized spacial score (nSPS) is 15.4. The number of nitrogens with zero attached hydrogens (tertiary/aromatic N) is 3. The topological polar surface area (TPSA) is 111 Å². The fraction of sp³-hybridized carbons (Fsp3) is 0.250. The molecule has 2 aromatic rings. The second kappa shape index (κ2) is 9.40. The number of hydrogen-bond donors (Lipinski definition) is 1. The number of methoxy groups -OCH3 is 2. The third kappa shape index (κ3) is 4.60. The highest BCUT2D eigenvalue weighted by atomic mass is 32.2. The van der Waals surface area contributed by atoms with E-state index in [4.69, 9.17) is 9.47 Å². The van der Waals surface area contributed by atoms with Gasteiger partial charge in [0, 0.05) is 24.5 Å². The zero-order valence-electron chi connectivity index (χ0n) is 16.7. The van der Waals surface area contributed by atoms with E-state index in [1.54, 1.807) is 19.2 Å². The van der Waals surface area contributed by atoms with Crippen LogP contribution in [0.1, 0.15) is 11.1 Å². The van der Waals surface area contributed by atoms with E-state index in [0.29, 0.717) is 28.6 Å². The quantitative estimate of drug-likeness (QED) is 0.308. The van der Waals surface area contributed by atoms with E-state index in [1.807, 2.05) is 12.3 Å². The molecule has 1 aromatic heterocycles. The van der Waals surface area contributed by atoms with Gasteiger partial charge < -0.3 is 9.47 Å². The van der Waals surface area contributed by atoms with Crippen molar-refractivity contribution in [2.75, 3.05) is 27.0 Å². The minimum atomic E-state index is -0.753. The number of hydrogen-bond acceptors (Lipinski definition) is 8. The summed E-state index contributed by atoms with van der Waals surface area (Å²) in [4.78, 5) is 46.4. The number of nitrogens with one attached hydrogen (secondary N) is 1. The van der Waals surface area contributed by atoms with E-state index in [1.165, 1.54) is 37.3 Å². The van der Waals surface area contributed by atoms with Crippen LogP contribution in [0.25, 0.3) is 6.08 Å². The van der Waals surface area contributed by atoms with Gasteiger partial charge in [0.1, 0.15) is 5.57 Å². The van der Waals surface area contributed by atoms with Crippen molar-refractivity contribution in [3.63, 3.8) is 0 Å². The summed E-state index contributed by atoms with van der Waals surface area (Å²) in [6.45, 7) is 0.0900. The summed E-state index contributed by atoms with van der Waals surface area (Å²) in [6, 6.07) is 4.59. The fourth-order valence-electron chi connectivity index (χ4n) is 2.85. The van der Waals surface area contributed by atoms with Gasteiger partial charge >= 0.3 is 6.03 Å². The van der Waals surface area contributed by atoms with E-state index in [0.717, 1.165) is 10.5 Å². The summed E-state index contributed by atoms with van der Waals surface area (Å²) in [5.74, 6) is -0.285. The molecule has 1 aromatic carbocycles. The second-order valence-corrected chi connectivity index (χ2v) is 6.99. The molecule has 1 fully saturated rings. The molecule has 4 amide bonds. The van der Waals surface area contributed by atoms with E-state index in [2.05, 4.69) is 15.3 Å². The number of urea groups is 1. The Morgan fingerprint density at radius 3 is 2.43 bits per heavy atom. The molecule has 0 aliphatic carbocycles. The van der Waals surface area contributed by atoms with E-state index >= 15 is 0 Å². The predicted octanol–water partition coefficient (Wildman–Crippen LogP) is 1.92. The molecule has 0 bridgehead atoms. The smallest absolute Gasteiger partial charge is 0.331 e. The van der Waals surface area contributed by atoms with E-state index in [-0.39, 0.29) is 12.1 Å². The van der Waals surface area contributed by atoms with Crippen LogP contribution in [0.3, 0.4) is 0 Å². The summed E-state index contributed by atoms with van der Waals surface area (Å²) in [7, 11) is 3.07. The highest BCUT2D eigenvalue weighted by Gasteiger charge is 2.35. The van der Waals surface area contributed by atoms with Crippen molar-refractivity contribution in [3.8, 4) is 11.5 Å². The molecule has 3 rings (SSSR count). The van der Waals surface area contributed by atoms with Crippen molar-refractivity contribution in [1.29, 1.82) is 0 Å². The van der Waals surface area contributed by atoms with Crippen LogP contribution in [0.15, 0.2) is 41.3 Å². The Labute approximate surface area is 177 Å². The van der Waals surface area contributed by atoms with Crippen molar-refractivity contribution in [2.24, 2.45) is 0 Å². The highest BCUT2D eigenvalue weighted by Crippen LogP contribution is 2.28. The van der Waals surface area contributed by atoms with Crippen LogP contribution in [-0.4, -0.2) is 59.7 Å². The first-order chi connectivity index (χ1) is 14.5. The Morgan fingerprint density at radius 2 is 1.80 bits per heavy atom. The first-order valence-corrected chi connectivity index (χ1v) is 10.1. The average molecular weight is 428 g/mol. The molecule has 10 heteroatoms. The molecule has 0 atom stereocenters. The predicted molar refractivity (Wildman–Crippen MR) is 110 cm³/mol. The molecular weight excluding hydrogens is 408 g/mol. The maximum absolute atomic E-state index is 12.8. The molecule has 0 unspecified atom stereocenters. The number of aromatic nitrogens is 2. The average Bonchev–Trinajstić information content (AvgIpc) is 2.76. The lowest BCUT2D eigenvalue weighted by Gasteiger charge is -2.26. The van der Waals surface area contributed by atoms with Crippen molar-refractivity contribution in [3.05, 3.63) is 47.3 Å². The minimum absolute atomic E-state index is 0.0900. The number of rotatable bonds is 7. The first kappa shape index (κ1) is 21.3. The van der Waals surface area contributed by atoms with Crippen LogP contribution >= 0.6 is 11.8 Å². The standard InChI is InChI=1S/C20H20N4O5S/c1-28-15-5-4-12(9-16(15)29-2)6-7-24-18(26)14(17(25)23-20(24)27)8-13-10-21-19(30-3)22-11-13/h4-5,8-11H,6-7H2,1-3H3,(H,23,25,27)/b14-8-. The van der Waals surface area contributed by atoms with Gasteiger partial charge in [-0.1, -0.05) is 17.8 Å². The van der Waals surface area contributed by atoms with Crippen LogP contribution in [-0.2, 0) is 16.0 Å². The third-order valence-corrected chi connectivity index (χ3v) is 4.98. The number of barbiturate groups is 1. The largest absolute Gasteiger partial charge is 0.493 e. The molecule has 1 N–H and O–H groups in total. The Hall–Kier alpha value is -3.40. The molecular formula is C20H20N4O5S. The van der Waals surface area contributed by atoms with Crippen LogP contribution in [0.4, 0.5) is 4.79 Å². The fourth-order valence-corrected chi connectivity index (χ4v) is 3.16. The maximum Gasteiger partial charge on any atom is 0.331 e.